The molecule has 4 rings (SSSR count). The van der Waals surface area contributed by atoms with E-state index in [1.54, 1.807) is 0 Å². The van der Waals surface area contributed by atoms with Crippen molar-refractivity contribution in [3.63, 3.8) is 0 Å². The zero-order valence-corrected chi connectivity index (χ0v) is 11.6. The number of nitrogens with one attached hydrogen (secondary N) is 1. The largest absolute Gasteiger partial charge is 0.342 e. The number of nitrogens with zero attached hydrogens (tertiary/aromatic N) is 1. The lowest BCUT2D eigenvalue weighted by atomic mass is 9.88. The van der Waals surface area contributed by atoms with E-state index in [0.717, 1.165) is 43.3 Å². The lowest BCUT2D eigenvalue weighted by Gasteiger charge is -2.35. The first-order valence-electron chi connectivity index (χ1n) is 7.34. The van der Waals surface area contributed by atoms with Crippen molar-refractivity contribution in [1.29, 1.82) is 0 Å². The first kappa shape index (κ1) is 12.7. The minimum Gasteiger partial charge on any atom is -0.342 e. The first-order valence-corrected chi connectivity index (χ1v) is 7.34. The molecular weight excluding hydrogens is 248 g/mol. The molecule has 0 bridgehead atoms. The van der Waals surface area contributed by atoms with E-state index in [0.29, 0.717) is 11.8 Å². The zero-order chi connectivity index (χ0) is 11.4. The molecule has 18 heavy (non-hydrogen) atoms. The number of hydrogen-bond acceptors (Lipinski definition) is 2. The molecule has 0 spiro atoms. The predicted molar refractivity (Wildman–Crippen MR) is 72.6 cm³/mol. The quantitative estimate of drug-likeness (QED) is 0.784. The van der Waals surface area contributed by atoms with Crippen molar-refractivity contribution in [2.75, 3.05) is 26.2 Å². The van der Waals surface area contributed by atoms with Crippen LogP contribution in [-0.2, 0) is 4.79 Å². The number of carbonyl (C=O) groups excluding carboxylic acids is 1. The Bertz CT molecular complexity index is 339. The van der Waals surface area contributed by atoms with E-state index in [9.17, 15) is 4.79 Å². The van der Waals surface area contributed by atoms with Crippen molar-refractivity contribution < 1.29 is 4.79 Å². The van der Waals surface area contributed by atoms with Crippen LogP contribution in [0.5, 0.6) is 0 Å². The van der Waals surface area contributed by atoms with Crippen LogP contribution in [0.15, 0.2) is 0 Å². The Kier molecular flexibility index (Phi) is 3.31. The number of likely N-dealkylation sites (tertiary alicyclic amines) is 1. The highest BCUT2D eigenvalue weighted by Crippen LogP contribution is 2.58. The SMILES string of the molecule is Cl.O=C(C1C2CCCC21)N1CCC2CNCC2C1. The number of piperidine rings is 1. The Balaban J connectivity index is 0.000001000. The third-order valence-electron chi connectivity index (χ3n) is 5.71. The van der Waals surface area contributed by atoms with Crippen molar-refractivity contribution in [1.82, 2.24) is 10.2 Å². The van der Waals surface area contributed by atoms with Crippen LogP contribution in [0.1, 0.15) is 25.7 Å². The highest BCUT2D eigenvalue weighted by molar-refractivity contribution is 5.85. The van der Waals surface area contributed by atoms with Gasteiger partial charge in [0.25, 0.3) is 0 Å². The molecule has 0 aromatic heterocycles. The fourth-order valence-electron chi connectivity index (χ4n) is 4.63. The Labute approximate surface area is 115 Å². The van der Waals surface area contributed by atoms with E-state index >= 15 is 0 Å². The topological polar surface area (TPSA) is 32.3 Å². The first-order chi connectivity index (χ1) is 8.34. The molecule has 4 atom stereocenters. The lowest BCUT2D eigenvalue weighted by Crippen LogP contribution is -2.44. The third-order valence-corrected chi connectivity index (χ3v) is 5.71. The van der Waals surface area contributed by atoms with Gasteiger partial charge in [-0.05, 0) is 56.0 Å². The molecule has 1 amide bonds. The van der Waals surface area contributed by atoms with Crippen LogP contribution in [0.4, 0.5) is 0 Å². The molecule has 2 heterocycles. The van der Waals surface area contributed by atoms with Crippen LogP contribution in [0, 0.1) is 29.6 Å². The van der Waals surface area contributed by atoms with Gasteiger partial charge >= 0.3 is 0 Å². The fraction of sp³-hybridized carbons (Fsp3) is 0.929. The van der Waals surface area contributed by atoms with E-state index in [-0.39, 0.29) is 12.4 Å². The van der Waals surface area contributed by atoms with Crippen molar-refractivity contribution in [2.45, 2.75) is 25.7 Å². The highest BCUT2D eigenvalue weighted by Gasteiger charge is 2.57. The van der Waals surface area contributed by atoms with Crippen molar-refractivity contribution in [3.8, 4) is 0 Å². The molecule has 4 aliphatic rings. The summed E-state index contributed by atoms with van der Waals surface area (Å²) >= 11 is 0. The number of hydrogen-bond donors (Lipinski definition) is 1. The summed E-state index contributed by atoms with van der Waals surface area (Å²) in [7, 11) is 0. The molecule has 2 saturated heterocycles. The summed E-state index contributed by atoms with van der Waals surface area (Å²) in [6, 6.07) is 0. The maximum absolute atomic E-state index is 12.5. The zero-order valence-electron chi connectivity index (χ0n) is 10.8. The minimum atomic E-state index is 0. The van der Waals surface area contributed by atoms with E-state index in [4.69, 9.17) is 0 Å². The number of carbonyl (C=O) groups is 1. The number of halogens is 1. The van der Waals surface area contributed by atoms with Gasteiger partial charge < -0.3 is 10.2 Å². The number of amides is 1. The average Bonchev–Trinajstić information content (AvgIpc) is 2.75. The normalized spacial score (nSPS) is 45.1. The van der Waals surface area contributed by atoms with Crippen molar-refractivity contribution in [3.05, 3.63) is 0 Å². The number of fused-ring (bicyclic) bond motifs is 2. The van der Waals surface area contributed by atoms with Crippen LogP contribution in [0.2, 0.25) is 0 Å². The molecule has 4 unspecified atom stereocenters. The van der Waals surface area contributed by atoms with E-state index < -0.39 is 0 Å². The van der Waals surface area contributed by atoms with E-state index in [1.165, 1.54) is 32.2 Å². The van der Waals surface area contributed by atoms with Crippen molar-refractivity contribution in [2.24, 2.45) is 29.6 Å². The third kappa shape index (κ3) is 1.87. The Morgan fingerprint density at radius 3 is 2.56 bits per heavy atom. The molecule has 4 fully saturated rings. The maximum Gasteiger partial charge on any atom is 0.226 e. The smallest absolute Gasteiger partial charge is 0.226 e. The second kappa shape index (κ2) is 4.68. The van der Waals surface area contributed by atoms with Gasteiger partial charge in [0.2, 0.25) is 5.91 Å². The second-order valence-electron chi connectivity index (χ2n) is 6.54. The highest BCUT2D eigenvalue weighted by atomic mass is 35.5. The van der Waals surface area contributed by atoms with Gasteiger partial charge in [0, 0.05) is 19.0 Å². The van der Waals surface area contributed by atoms with Gasteiger partial charge in [-0.3, -0.25) is 4.79 Å². The standard InChI is InChI=1S/C14H22N2O.ClH/c17-14(13-11-2-1-3-12(11)13)16-5-4-9-6-15-7-10(9)8-16;/h9-13,15H,1-8H2;1H. The molecule has 0 aromatic rings. The summed E-state index contributed by atoms with van der Waals surface area (Å²) in [6.07, 6.45) is 5.24. The minimum absolute atomic E-state index is 0. The van der Waals surface area contributed by atoms with Crippen LogP contribution >= 0.6 is 12.4 Å². The van der Waals surface area contributed by atoms with Crippen LogP contribution in [0.25, 0.3) is 0 Å². The van der Waals surface area contributed by atoms with Gasteiger partial charge in [-0.15, -0.1) is 12.4 Å². The molecule has 4 heteroatoms. The molecule has 2 aliphatic heterocycles. The summed E-state index contributed by atoms with van der Waals surface area (Å²) in [5.41, 5.74) is 0. The molecule has 0 aromatic carbocycles. The molecule has 3 nitrogen and oxygen atoms in total. The van der Waals surface area contributed by atoms with Gasteiger partial charge in [0.05, 0.1) is 0 Å². The van der Waals surface area contributed by atoms with Crippen LogP contribution < -0.4 is 5.32 Å². The molecule has 1 N–H and O–H groups in total. The van der Waals surface area contributed by atoms with Gasteiger partial charge in [0.1, 0.15) is 0 Å². The lowest BCUT2D eigenvalue weighted by molar-refractivity contribution is -0.135. The van der Waals surface area contributed by atoms with Gasteiger partial charge in [-0.2, -0.15) is 0 Å². The molecule has 2 aliphatic carbocycles. The molecule has 102 valence electrons. The van der Waals surface area contributed by atoms with Gasteiger partial charge in [0.15, 0.2) is 0 Å². The van der Waals surface area contributed by atoms with E-state index in [1.807, 2.05) is 0 Å². The Hall–Kier alpha value is -0.280. The summed E-state index contributed by atoms with van der Waals surface area (Å²) in [4.78, 5) is 14.7. The van der Waals surface area contributed by atoms with Crippen LogP contribution in [0.3, 0.4) is 0 Å². The number of rotatable bonds is 1. The van der Waals surface area contributed by atoms with E-state index in [2.05, 4.69) is 10.2 Å². The summed E-state index contributed by atoms with van der Waals surface area (Å²) in [5, 5.41) is 3.47. The molecule has 0 radical (unpaired) electrons. The van der Waals surface area contributed by atoms with Gasteiger partial charge in [-0.1, -0.05) is 6.42 Å². The maximum atomic E-state index is 12.5. The van der Waals surface area contributed by atoms with Gasteiger partial charge in [-0.25, -0.2) is 0 Å². The monoisotopic (exact) mass is 270 g/mol. The van der Waals surface area contributed by atoms with Crippen molar-refractivity contribution >= 4 is 18.3 Å². The molecular formula is C14H23ClN2O. The van der Waals surface area contributed by atoms with Crippen LogP contribution in [-0.4, -0.2) is 37.0 Å². The summed E-state index contributed by atoms with van der Waals surface area (Å²) in [5.74, 6) is 4.09. The Morgan fingerprint density at radius 2 is 1.78 bits per heavy atom. The summed E-state index contributed by atoms with van der Waals surface area (Å²) < 4.78 is 0. The predicted octanol–water partition coefficient (Wildman–Crippen LogP) is 1.52. The summed E-state index contributed by atoms with van der Waals surface area (Å²) in [6.45, 7) is 4.37. The average molecular weight is 271 g/mol. The second-order valence-corrected chi connectivity index (χ2v) is 6.54. The fourth-order valence-corrected chi connectivity index (χ4v) is 4.63. The molecule has 2 saturated carbocycles. The Morgan fingerprint density at radius 1 is 1.06 bits per heavy atom.